The van der Waals surface area contributed by atoms with E-state index in [0.717, 1.165) is 19.3 Å². The van der Waals surface area contributed by atoms with Gasteiger partial charge >= 0.3 is 11.9 Å². The molecule has 5 nitrogen and oxygen atoms in total. The number of hydrogen-bond acceptors (Lipinski definition) is 5. The first-order chi connectivity index (χ1) is 9.41. The van der Waals surface area contributed by atoms with Crippen molar-refractivity contribution < 1.29 is 23.8 Å². The maximum atomic E-state index is 11.3. The van der Waals surface area contributed by atoms with Gasteiger partial charge in [-0.25, -0.2) is 9.59 Å². The molecule has 0 saturated carbocycles. The molecule has 0 saturated heterocycles. The third-order valence-electron chi connectivity index (χ3n) is 2.59. The minimum Gasteiger partial charge on any atom is -0.464 e. The van der Waals surface area contributed by atoms with Crippen LogP contribution in [0, 0.1) is 11.8 Å². The molecule has 0 fully saturated rings. The van der Waals surface area contributed by atoms with Gasteiger partial charge in [0.25, 0.3) is 0 Å². The topological polar surface area (TPSA) is 61.8 Å². The minimum atomic E-state index is -0.446. The molecule has 0 aliphatic carbocycles. The van der Waals surface area contributed by atoms with Crippen LogP contribution in [0.2, 0.25) is 0 Å². The third kappa shape index (κ3) is 13.3. The minimum absolute atomic E-state index is 0.207. The molecule has 0 N–H and O–H groups in total. The summed E-state index contributed by atoms with van der Waals surface area (Å²) >= 11 is 0. The van der Waals surface area contributed by atoms with Crippen LogP contribution in [0.15, 0.2) is 0 Å². The number of esters is 2. The lowest BCUT2D eigenvalue weighted by atomic mass is 10.1. The molecule has 0 radical (unpaired) electrons. The van der Waals surface area contributed by atoms with Gasteiger partial charge in [-0.3, -0.25) is 0 Å². The first-order valence-corrected chi connectivity index (χ1v) is 7.30. The SMILES string of the molecule is CC(C)CCCOC(=O)COCC(=O)OCCC(C)C. The van der Waals surface area contributed by atoms with Crippen molar-refractivity contribution >= 4 is 11.9 Å². The molecule has 20 heavy (non-hydrogen) atoms. The smallest absolute Gasteiger partial charge is 0.332 e. The summed E-state index contributed by atoms with van der Waals surface area (Å²) in [6, 6.07) is 0. The summed E-state index contributed by atoms with van der Waals surface area (Å²) in [5.74, 6) is 0.206. The molecule has 0 bridgehead atoms. The van der Waals surface area contributed by atoms with Crippen LogP contribution in [0.25, 0.3) is 0 Å². The fourth-order valence-electron chi connectivity index (χ4n) is 1.39. The van der Waals surface area contributed by atoms with Crippen molar-refractivity contribution in [1.82, 2.24) is 0 Å². The van der Waals surface area contributed by atoms with Crippen LogP contribution in [-0.2, 0) is 23.8 Å². The summed E-state index contributed by atoms with van der Waals surface area (Å²) < 4.78 is 14.9. The lowest BCUT2D eigenvalue weighted by molar-refractivity contribution is -0.155. The second-order valence-corrected chi connectivity index (χ2v) is 5.65. The number of carbonyl (C=O) groups excluding carboxylic acids is 2. The first kappa shape index (κ1) is 18.9. The second-order valence-electron chi connectivity index (χ2n) is 5.65. The standard InChI is InChI=1S/C15H28O5/c1-12(2)6-5-8-19-14(16)10-18-11-15(17)20-9-7-13(3)4/h12-13H,5-11H2,1-4H3. The second kappa shape index (κ2) is 11.7. The summed E-state index contributed by atoms with van der Waals surface area (Å²) in [6.07, 6.45) is 2.70. The summed E-state index contributed by atoms with van der Waals surface area (Å²) in [5, 5.41) is 0. The summed E-state index contributed by atoms with van der Waals surface area (Å²) in [4.78, 5) is 22.5. The van der Waals surface area contributed by atoms with Gasteiger partial charge in [0.15, 0.2) is 0 Å². The Labute approximate surface area is 122 Å². The number of hydrogen-bond donors (Lipinski definition) is 0. The largest absolute Gasteiger partial charge is 0.464 e. The molecule has 0 aliphatic rings. The highest BCUT2D eigenvalue weighted by Crippen LogP contribution is 2.03. The van der Waals surface area contributed by atoms with Gasteiger partial charge < -0.3 is 14.2 Å². The molecule has 0 spiro atoms. The normalized spacial score (nSPS) is 10.9. The Kier molecular flexibility index (Phi) is 11.1. The van der Waals surface area contributed by atoms with Crippen molar-refractivity contribution in [3.63, 3.8) is 0 Å². The highest BCUT2D eigenvalue weighted by Gasteiger charge is 2.07. The van der Waals surface area contributed by atoms with Gasteiger partial charge in [-0.2, -0.15) is 0 Å². The van der Waals surface area contributed by atoms with Crippen molar-refractivity contribution in [2.75, 3.05) is 26.4 Å². The maximum absolute atomic E-state index is 11.3. The number of ether oxygens (including phenoxy) is 3. The molecule has 0 aromatic rings. The van der Waals surface area contributed by atoms with Crippen molar-refractivity contribution in [1.29, 1.82) is 0 Å². The van der Waals surface area contributed by atoms with E-state index >= 15 is 0 Å². The predicted octanol–water partition coefficient (Wildman–Crippen LogP) is 2.57. The maximum Gasteiger partial charge on any atom is 0.332 e. The van der Waals surface area contributed by atoms with E-state index in [4.69, 9.17) is 14.2 Å². The van der Waals surface area contributed by atoms with E-state index < -0.39 is 11.9 Å². The zero-order chi connectivity index (χ0) is 15.4. The van der Waals surface area contributed by atoms with Crippen molar-refractivity contribution in [2.24, 2.45) is 11.8 Å². The van der Waals surface area contributed by atoms with Gasteiger partial charge in [-0.1, -0.05) is 27.7 Å². The Hall–Kier alpha value is -1.10. The van der Waals surface area contributed by atoms with Gasteiger partial charge in [0, 0.05) is 0 Å². The Morgan fingerprint density at radius 3 is 1.80 bits per heavy atom. The van der Waals surface area contributed by atoms with E-state index in [2.05, 4.69) is 27.7 Å². The van der Waals surface area contributed by atoms with E-state index in [9.17, 15) is 9.59 Å². The van der Waals surface area contributed by atoms with Gasteiger partial charge in [0.1, 0.15) is 13.2 Å². The van der Waals surface area contributed by atoms with Crippen molar-refractivity contribution in [2.45, 2.75) is 47.0 Å². The van der Waals surface area contributed by atoms with Gasteiger partial charge in [0.05, 0.1) is 13.2 Å². The zero-order valence-corrected chi connectivity index (χ0v) is 13.1. The lowest BCUT2D eigenvalue weighted by Gasteiger charge is -2.08. The molecule has 0 unspecified atom stereocenters. The predicted molar refractivity (Wildman–Crippen MR) is 76.3 cm³/mol. The average molecular weight is 288 g/mol. The Balaban J connectivity index is 3.44. The highest BCUT2D eigenvalue weighted by atomic mass is 16.6. The van der Waals surface area contributed by atoms with E-state index in [0.29, 0.717) is 25.0 Å². The Bertz CT molecular complexity index is 273. The Morgan fingerprint density at radius 2 is 1.30 bits per heavy atom. The average Bonchev–Trinajstić information content (AvgIpc) is 2.34. The lowest BCUT2D eigenvalue weighted by Crippen LogP contribution is -2.19. The van der Waals surface area contributed by atoms with E-state index in [1.54, 1.807) is 0 Å². The summed E-state index contributed by atoms with van der Waals surface area (Å²) in [6.45, 7) is 8.73. The van der Waals surface area contributed by atoms with Crippen LogP contribution in [0.4, 0.5) is 0 Å². The van der Waals surface area contributed by atoms with Crippen LogP contribution in [0.3, 0.4) is 0 Å². The quantitative estimate of drug-likeness (QED) is 0.432. The molecule has 0 aromatic carbocycles. The molecule has 0 atom stereocenters. The van der Waals surface area contributed by atoms with Crippen LogP contribution >= 0.6 is 0 Å². The first-order valence-electron chi connectivity index (χ1n) is 7.30. The summed E-state index contributed by atoms with van der Waals surface area (Å²) in [7, 11) is 0. The molecule has 0 rings (SSSR count). The third-order valence-corrected chi connectivity index (χ3v) is 2.59. The van der Waals surface area contributed by atoms with Crippen LogP contribution < -0.4 is 0 Å². The molecule has 0 amide bonds. The molecule has 0 aliphatic heterocycles. The molecule has 0 aromatic heterocycles. The van der Waals surface area contributed by atoms with Gasteiger partial charge in [-0.15, -0.1) is 0 Å². The van der Waals surface area contributed by atoms with E-state index in [1.165, 1.54) is 0 Å². The number of carbonyl (C=O) groups is 2. The molecule has 118 valence electrons. The van der Waals surface area contributed by atoms with E-state index in [-0.39, 0.29) is 13.2 Å². The number of rotatable bonds is 11. The fourth-order valence-corrected chi connectivity index (χ4v) is 1.39. The van der Waals surface area contributed by atoms with E-state index in [1.807, 2.05) is 0 Å². The van der Waals surface area contributed by atoms with Crippen LogP contribution in [0.5, 0.6) is 0 Å². The molecule has 0 heterocycles. The van der Waals surface area contributed by atoms with Gasteiger partial charge in [0.2, 0.25) is 0 Å². The molecular weight excluding hydrogens is 260 g/mol. The monoisotopic (exact) mass is 288 g/mol. The molecular formula is C15H28O5. The highest BCUT2D eigenvalue weighted by molar-refractivity contribution is 5.73. The summed E-state index contributed by atoms with van der Waals surface area (Å²) in [5.41, 5.74) is 0. The zero-order valence-electron chi connectivity index (χ0n) is 13.1. The fraction of sp³-hybridized carbons (Fsp3) is 0.867. The Morgan fingerprint density at radius 1 is 0.800 bits per heavy atom. The van der Waals surface area contributed by atoms with Crippen LogP contribution in [-0.4, -0.2) is 38.4 Å². The van der Waals surface area contributed by atoms with Crippen molar-refractivity contribution in [3.8, 4) is 0 Å². The van der Waals surface area contributed by atoms with Crippen molar-refractivity contribution in [3.05, 3.63) is 0 Å². The van der Waals surface area contributed by atoms with Gasteiger partial charge in [-0.05, 0) is 31.1 Å². The van der Waals surface area contributed by atoms with Crippen LogP contribution in [0.1, 0.15) is 47.0 Å². The molecule has 5 heteroatoms.